The summed E-state index contributed by atoms with van der Waals surface area (Å²) in [4.78, 5) is 0.677. The predicted molar refractivity (Wildman–Crippen MR) is 69.0 cm³/mol. The lowest BCUT2D eigenvalue weighted by Gasteiger charge is -2.22. The van der Waals surface area contributed by atoms with Gasteiger partial charge in [0.15, 0.2) is 0 Å². The van der Waals surface area contributed by atoms with Crippen molar-refractivity contribution in [3.63, 3.8) is 0 Å². The number of hydrogen-bond donors (Lipinski definition) is 2. The average Bonchev–Trinajstić information content (AvgIpc) is 2.87. The molecule has 0 amide bonds. The van der Waals surface area contributed by atoms with Crippen LogP contribution in [0.15, 0.2) is 16.3 Å². The van der Waals surface area contributed by atoms with Crippen LogP contribution >= 0.6 is 11.3 Å². The molecular formula is C11H17NO4S2. The Morgan fingerprint density at radius 2 is 2.17 bits per heavy atom. The van der Waals surface area contributed by atoms with Gasteiger partial charge in [0.05, 0.1) is 11.5 Å². The first-order chi connectivity index (χ1) is 8.63. The molecule has 1 aliphatic rings. The Labute approximate surface area is 111 Å². The van der Waals surface area contributed by atoms with Crippen LogP contribution in [0.2, 0.25) is 0 Å². The normalized spacial score (nSPS) is 18.1. The van der Waals surface area contributed by atoms with Crippen molar-refractivity contribution in [3.05, 3.63) is 16.3 Å². The summed E-state index contributed by atoms with van der Waals surface area (Å²) in [6.07, 6.45) is 1.78. The van der Waals surface area contributed by atoms with Gasteiger partial charge in [0.25, 0.3) is 0 Å². The number of rotatable bonds is 5. The van der Waals surface area contributed by atoms with Gasteiger partial charge in [-0.2, -0.15) is 0 Å². The summed E-state index contributed by atoms with van der Waals surface area (Å²) in [7, 11) is -3.50. The molecule has 0 aromatic carbocycles. The fourth-order valence-electron chi connectivity index (χ4n) is 1.94. The van der Waals surface area contributed by atoms with E-state index < -0.39 is 10.0 Å². The van der Waals surface area contributed by atoms with E-state index >= 15 is 0 Å². The Kier molecular flexibility index (Phi) is 4.74. The van der Waals surface area contributed by atoms with Crippen LogP contribution in [0.25, 0.3) is 0 Å². The molecule has 1 aromatic heterocycles. The first-order valence-electron chi connectivity index (χ1n) is 5.88. The van der Waals surface area contributed by atoms with Gasteiger partial charge in [0.1, 0.15) is 0 Å². The molecule has 1 aromatic rings. The van der Waals surface area contributed by atoms with Gasteiger partial charge in [0, 0.05) is 24.6 Å². The third kappa shape index (κ3) is 3.30. The van der Waals surface area contributed by atoms with Gasteiger partial charge in [0.2, 0.25) is 10.0 Å². The number of ether oxygens (including phenoxy) is 1. The summed E-state index contributed by atoms with van der Waals surface area (Å²) in [6, 6.07) is 1.53. The molecule has 1 aliphatic heterocycles. The fraction of sp³-hybridized carbons (Fsp3) is 0.636. The molecule has 0 unspecified atom stereocenters. The molecule has 2 rings (SSSR count). The van der Waals surface area contributed by atoms with Crippen LogP contribution in [0, 0.1) is 5.92 Å². The second-order valence-electron chi connectivity index (χ2n) is 4.27. The van der Waals surface area contributed by atoms with Gasteiger partial charge < -0.3 is 9.84 Å². The van der Waals surface area contributed by atoms with E-state index in [-0.39, 0.29) is 11.5 Å². The van der Waals surface area contributed by atoms with Gasteiger partial charge in [-0.1, -0.05) is 0 Å². The molecule has 7 heteroatoms. The quantitative estimate of drug-likeness (QED) is 0.847. The molecule has 0 radical (unpaired) electrons. The predicted octanol–water partition coefficient (Wildman–Crippen LogP) is 0.945. The Hall–Kier alpha value is -0.470. The zero-order valence-electron chi connectivity index (χ0n) is 9.96. The lowest BCUT2D eigenvalue weighted by atomic mass is 10.0. The molecule has 1 saturated heterocycles. The minimum Gasteiger partial charge on any atom is -0.391 e. The van der Waals surface area contributed by atoms with Crippen LogP contribution in [-0.2, 0) is 21.4 Å². The van der Waals surface area contributed by atoms with Crippen LogP contribution in [0.3, 0.4) is 0 Å². The number of sulfonamides is 1. The van der Waals surface area contributed by atoms with Crippen LogP contribution in [0.5, 0.6) is 0 Å². The first kappa shape index (κ1) is 14.0. The molecule has 0 spiro atoms. The van der Waals surface area contributed by atoms with Crippen molar-refractivity contribution < 1.29 is 18.3 Å². The molecule has 102 valence electrons. The van der Waals surface area contributed by atoms with Crippen molar-refractivity contribution in [1.29, 1.82) is 0 Å². The number of aliphatic hydroxyl groups is 1. The zero-order chi connectivity index (χ0) is 13.0. The Morgan fingerprint density at radius 1 is 1.44 bits per heavy atom. The molecule has 0 saturated carbocycles. The summed E-state index contributed by atoms with van der Waals surface area (Å²) < 4.78 is 32.0. The number of nitrogens with one attached hydrogen (secondary N) is 1. The number of aliphatic hydroxyl groups excluding tert-OH is 1. The van der Waals surface area contributed by atoms with E-state index in [2.05, 4.69) is 4.72 Å². The second kappa shape index (κ2) is 6.12. The van der Waals surface area contributed by atoms with E-state index in [0.717, 1.165) is 12.8 Å². The van der Waals surface area contributed by atoms with Crippen molar-refractivity contribution >= 4 is 21.4 Å². The third-order valence-corrected chi connectivity index (χ3v) is 5.58. The first-order valence-corrected chi connectivity index (χ1v) is 8.24. The summed E-state index contributed by atoms with van der Waals surface area (Å²) in [5, 5.41) is 10.8. The van der Waals surface area contributed by atoms with E-state index in [1.54, 1.807) is 5.38 Å². The highest BCUT2D eigenvalue weighted by Crippen LogP contribution is 2.22. The van der Waals surface area contributed by atoms with Crippen molar-refractivity contribution in [3.8, 4) is 0 Å². The lowest BCUT2D eigenvalue weighted by Crippen LogP contribution is -2.32. The summed E-state index contributed by atoms with van der Waals surface area (Å²) in [5.74, 6) is 0.338. The molecule has 2 N–H and O–H groups in total. The van der Waals surface area contributed by atoms with Crippen LogP contribution < -0.4 is 4.72 Å². The second-order valence-corrected chi connectivity index (χ2v) is 7.01. The van der Waals surface area contributed by atoms with Gasteiger partial charge in [-0.05, 0) is 30.2 Å². The molecule has 18 heavy (non-hydrogen) atoms. The minimum atomic E-state index is -3.50. The van der Waals surface area contributed by atoms with Crippen molar-refractivity contribution in [1.82, 2.24) is 4.72 Å². The smallest absolute Gasteiger partial charge is 0.241 e. The maximum atomic E-state index is 12.1. The van der Waals surface area contributed by atoms with Gasteiger partial charge in [-0.15, -0.1) is 11.3 Å². The summed E-state index contributed by atoms with van der Waals surface area (Å²) >= 11 is 1.25. The standard InChI is InChI=1S/C11H17NO4S2/c13-8-10-11(3-6-17-10)18(14,15)12-7-9-1-4-16-5-2-9/h3,6,9,12-13H,1-2,4-5,7-8H2. The van der Waals surface area contributed by atoms with Crippen LogP contribution in [0.4, 0.5) is 0 Å². The Balaban J connectivity index is 1.99. The highest BCUT2D eigenvalue weighted by Gasteiger charge is 2.21. The van der Waals surface area contributed by atoms with Gasteiger partial charge in [-0.25, -0.2) is 13.1 Å². The lowest BCUT2D eigenvalue weighted by molar-refractivity contribution is 0.0678. The monoisotopic (exact) mass is 291 g/mol. The van der Waals surface area contributed by atoms with E-state index in [1.165, 1.54) is 17.4 Å². The van der Waals surface area contributed by atoms with E-state index in [1.807, 2.05) is 0 Å². The van der Waals surface area contributed by atoms with Crippen molar-refractivity contribution in [2.45, 2.75) is 24.3 Å². The molecule has 1 fully saturated rings. The topological polar surface area (TPSA) is 75.6 Å². The van der Waals surface area contributed by atoms with E-state index in [0.29, 0.717) is 30.6 Å². The SMILES string of the molecule is O=S(=O)(NCC1CCOCC1)c1ccsc1CO. The summed E-state index contributed by atoms with van der Waals surface area (Å²) in [6.45, 7) is 1.59. The molecule has 0 bridgehead atoms. The molecular weight excluding hydrogens is 274 g/mol. The Bertz CT molecular complexity index is 477. The molecule has 0 aliphatic carbocycles. The third-order valence-electron chi connectivity index (χ3n) is 3.04. The van der Waals surface area contributed by atoms with Crippen molar-refractivity contribution in [2.24, 2.45) is 5.92 Å². The number of hydrogen-bond acceptors (Lipinski definition) is 5. The maximum absolute atomic E-state index is 12.1. The van der Waals surface area contributed by atoms with E-state index in [4.69, 9.17) is 9.84 Å². The van der Waals surface area contributed by atoms with Crippen LogP contribution in [0.1, 0.15) is 17.7 Å². The largest absolute Gasteiger partial charge is 0.391 e. The molecule has 0 atom stereocenters. The van der Waals surface area contributed by atoms with Crippen molar-refractivity contribution in [2.75, 3.05) is 19.8 Å². The average molecular weight is 291 g/mol. The fourth-order valence-corrected chi connectivity index (χ4v) is 4.35. The summed E-state index contributed by atoms with van der Waals surface area (Å²) in [5.41, 5.74) is 0. The van der Waals surface area contributed by atoms with Gasteiger partial charge >= 0.3 is 0 Å². The Morgan fingerprint density at radius 3 is 2.83 bits per heavy atom. The van der Waals surface area contributed by atoms with E-state index in [9.17, 15) is 8.42 Å². The molecule has 5 nitrogen and oxygen atoms in total. The minimum absolute atomic E-state index is 0.196. The highest BCUT2D eigenvalue weighted by molar-refractivity contribution is 7.89. The van der Waals surface area contributed by atoms with Crippen LogP contribution in [-0.4, -0.2) is 33.3 Å². The molecule has 2 heterocycles. The zero-order valence-corrected chi connectivity index (χ0v) is 11.6. The highest BCUT2D eigenvalue weighted by atomic mass is 32.2. The number of thiophene rings is 1. The maximum Gasteiger partial charge on any atom is 0.241 e. The van der Waals surface area contributed by atoms with Gasteiger partial charge in [-0.3, -0.25) is 0 Å².